The number of nitrogens with zero attached hydrogens (tertiary/aromatic N) is 1. The van der Waals surface area contributed by atoms with Crippen molar-refractivity contribution in [3.05, 3.63) is 29.8 Å². The van der Waals surface area contributed by atoms with E-state index in [-0.39, 0.29) is 17.7 Å². The van der Waals surface area contributed by atoms with E-state index in [1.165, 1.54) is 0 Å². The van der Waals surface area contributed by atoms with E-state index in [0.717, 1.165) is 25.9 Å². The third-order valence-corrected chi connectivity index (χ3v) is 4.36. The Morgan fingerprint density at radius 1 is 1.04 bits per heavy atom. The van der Waals surface area contributed by atoms with Crippen LogP contribution in [0.4, 0.5) is 5.69 Å². The molecule has 26 heavy (non-hydrogen) atoms. The molecule has 0 spiro atoms. The predicted molar refractivity (Wildman–Crippen MR) is 102 cm³/mol. The largest absolute Gasteiger partial charge is 0.356 e. The summed E-state index contributed by atoms with van der Waals surface area (Å²) in [6.07, 6.45) is 3.05. The van der Waals surface area contributed by atoms with Crippen LogP contribution in [-0.2, 0) is 9.59 Å². The average molecular weight is 359 g/mol. The van der Waals surface area contributed by atoms with Crippen LogP contribution in [0.3, 0.4) is 0 Å². The second-order valence-electron chi connectivity index (χ2n) is 7.73. The summed E-state index contributed by atoms with van der Waals surface area (Å²) in [7, 11) is 0. The van der Waals surface area contributed by atoms with Crippen LogP contribution in [0.1, 0.15) is 56.8 Å². The number of nitrogens with one attached hydrogen (secondary N) is 2. The van der Waals surface area contributed by atoms with Gasteiger partial charge in [-0.1, -0.05) is 20.8 Å². The zero-order chi connectivity index (χ0) is 19.2. The molecule has 0 aromatic heterocycles. The summed E-state index contributed by atoms with van der Waals surface area (Å²) in [6, 6.07) is 7.00. The lowest BCUT2D eigenvalue weighted by Gasteiger charge is -2.17. The highest BCUT2D eigenvalue weighted by molar-refractivity contribution is 5.96. The van der Waals surface area contributed by atoms with Crippen LogP contribution in [0.2, 0.25) is 0 Å². The van der Waals surface area contributed by atoms with E-state index < -0.39 is 5.41 Å². The lowest BCUT2D eigenvalue weighted by Crippen LogP contribution is -2.35. The summed E-state index contributed by atoms with van der Waals surface area (Å²) in [5.41, 5.74) is 0.901. The summed E-state index contributed by atoms with van der Waals surface area (Å²) in [6.45, 7) is 7.69. The van der Waals surface area contributed by atoms with E-state index in [4.69, 9.17) is 0 Å². The van der Waals surface area contributed by atoms with Crippen molar-refractivity contribution in [2.75, 3.05) is 25.0 Å². The van der Waals surface area contributed by atoms with Gasteiger partial charge in [-0.15, -0.1) is 0 Å². The molecule has 142 valence electrons. The SMILES string of the molecule is CC(C)(C)C(=O)NCCCC(=O)Nc1ccc(C(=O)N2CCCC2)cc1. The Labute approximate surface area is 155 Å². The van der Waals surface area contributed by atoms with E-state index in [1.54, 1.807) is 24.3 Å². The van der Waals surface area contributed by atoms with Gasteiger partial charge in [0, 0.05) is 42.7 Å². The normalized spacial score (nSPS) is 14.2. The highest BCUT2D eigenvalue weighted by Gasteiger charge is 2.20. The van der Waals surface area contributed by atoms with Gasteiger partial charge in [-0.3, -0.25) is 14.4 Å². The summed E-state index contributed by atoms with van der Waals surface area (Å²) in [5, 5.41) is 5.65. The molecule has 0 bridgehead atoms. The number of hydrogen-bond donors (Lipinski definition) is 2. The van der Waals surface area contributed by atoms with E-state index >= 15 is 0 Å². The third-order valence-electron chi connectivity index (χ3n) is 4.36. The highest BCUT2D eigenvalue weighted by Crippen LogP contribution is 2.16. The van der Waals surface area contributed by atoms with Crippen molar-refractivity contribution in [1.29, 1.82) is 0 Å². The van der Waals surface area contributed by atoms with Crippen molar-refractivity contribution in [1.82, 2.24) is 10.2 Å². The summed E-state index contributed by atoms with van der Waals surface area (Å²) in [4.78, 5) is 37.9. The molecule has 0 saturated carbocycles. The van der Waals surface area contributed by atoms with Crippen LogP contribution in [0.25, 0.3) is 0 Å². The van der Waals surface area contributed by atoms with Crippen molar-refractivity contribution >= 4 is 23.4 Å². The van der Waals surface area contributed by atoms with E-state index in [1.807, 2.05) is 25.7 Å². The van der Waals surface area contributed by atoms with E-state index in [9.17, 15) is 14.4 Å². The molecule has 1 aliphatic heterocycles. The van der Waals surface area contributed by atoms with Gasteiger partial charge in [0.2, 0.25) is 11.8 Å². The number of likely N-dealkylation sites (tertiary alicyclic amines) is 1. The first-order valence-corrected chi connectivity index (χ1v) is 9.25. The van der Waals surface area contributed by atoms with Gasteiger partial charge in [0.1, 0.15) is 0 Å². The van der Waals surface area contributed by atoms with Gasteiger partial charge >= 0.3 is 0 Å². The molecule has 0 atom stereocenters. The van der Waals surface area contributed by atoms with Gasteiger partial charge in [-0.25, -0.2) is 0 Å². The maximum Gasteiger partial charge on any atom is 0.253 e. The number of anilines is 1. The molecule has 1 fully saturated rings. The molecule has 1 aromatic rings. The maximum atomic E-state index is 12.3. The Hall–Kier alpha value is -2.37. The first kappa shape index (κ1) is 19.9. The molecule has 1 heterocycles. The van der Waals surface area contributed by atoms with Crippen molar-refractivity contribution < 1.29 is 14.4 Å². The number of amides is 3. The van der Waals surface area contributed by atoms with Crippen molar-refractivity contribution in [2.45, 2.75) is 46.5 Å². The van der Waals surface area contributed by atoms with Gasteiger partial charge in [0.15, 0.2) is 0 Å². The van der Waals surface area contributed by atoms with Crippen LogP contribution >= 0.6 is 0 Å². The molecular weight excluding hydrogens is 330 g/mol. The van der Waals surface area contributed by atoms with Gasteiger partial charge in [0.25, 0.3) is 5.91 Å². The Morgan fingerprint density at radius 3 is 2.23 bits per heavy atom. The number of carbonyl (C=O) groups excluding carboxylic acids is 3. The molecule has 3 amide bonds. The fourth-order valence-electron chi connectivity index (χ4n) is 2.74. The number of benzene rings is 1. The molecule has 1 saturated heterocycles. The van der Waals surface area contributed by atoms with Crippen molar-refractivity contribution in [3.8, 4) is 0 Å². The minimum absolute atomic E-state index is 0.0174. The molecule has 0 unspecified atom stereocenters. The van der Waals surface area contributed by atoms with Crippen LogP contribution in [0, 0.1) is 5.41 Å². The molecular formula is C20H29N3O3. The second-order valence-corrected chi connectivity index (χ2v) is 7.73. The molecule has 6 heteroatoms. The fourth-order valence-corrected chi connectivity index (χ4v) is 2.74. The number of carbonyl (C=O) groups is 3. The standard InChI is InChI=1S/C20H29N3O3/c1-20(2,3)19(26)21-12-6-7-17(24)22-16-10-8-15(9-11-16)18(25)23-13-4-5-14-23/h8-11H,4-7,12-14H2,1-3H3,(H,21,26)(H,22,24). The summed E-state index contributed by atoms with van der Waals surface area (Å²) < 4.78 is 0. The number of hydrogen-bond acceptors (Lipinski definition) is 3. The molecule has 0 radical (unpaired) electrons. The van der Waals surface area contributed by atoms with Gasteiger partial charge in [0.05, 0.1) is 0 Å². The Kier molecular flexibility index (Phi) is 6.77. The smallest absolute Gasteiger partial charge is 0.253 e. The van der Waals surface area contributed by atoms with Crippen LogP contribution < -0.4 is 10.6 Å². The quantitative estimate of drug-likeness (QED) is 0.767. The second kappa shape index (κ2) is 8.83. The van der Waals surface area contributed by atoms with Gasteiger partial charge in [-0.05, 0) is 43.5 Å². The molecule has 0 aliphatic carbocycles. The Balaban J connectivity index is 1.73. The first-order valence-electron chi connectivity index (χ1n) is 9.25. The van der Waals surface area contributed by atoms with E-state index in [2.05, 4.69) is 10.6 Å². The lowest BCUT2D eigenvalue weighted by atomic mass is 9.96. The topological polar surface area (TPSA) is 78.5 Å². The summed E-state index contributed by atoms with van der Waals surface area (Å²) >= 11 is 0. The Morgan fingerprint density at radius 2 is 1.65 bits per heavy atom. The molecule has 2 N–H and O–H groups in total. The zero-order valence-corrected chi connectivity index (χ0v) is 15.9. The monoisotopic (exact) mass is 359 g/mol. The van der Waals surface area contributed by atoms with E-state index in [0.29, 0.717) is 30.6 Å². The zero-order valence-electron chi connectivity index (χ0n) is 15.9. The summed E-state index contributed by atoms with van der Waals surface area (Å²) in [5.74, 6) is -0.0697. The lowest BCUT2D eigenvalue weighted by molar-refractivity contribution is -0.128. The fraction of sp³-hybridized carbons (Fsp3) is 0.550. The van der Waals surface area contributed by atoms with Gasteiger partial charge < -0.3 is 15.5 Å². The molecule has 6 nitrogen and oxygen atoms in total. The predicted octanol–water partition coefficient (Wildman–Crippen LogP) is 2.80. The van der Waals surface area contributed by atoms with Crippen molar-refractivity contribution in [2.24, 2.45) is 5.41 Å². The average Bonchev–Trinajstić information content (AvgIpc) is 3.12. The maximum absolute atomic E-state index is 12.3. The Bertz CT molecular complexity index is 641. The molecule has 1 aromatic carbocycles. The highest BCUT2D eigenvalue weighted by atomic mass is 16.2. The van der Waals surface area contributed by atoms with Crippen LogP contribution in [-0.4, -0.2) is 42.3 Å². The molecule has 2 rings (SSSR count). The minimum atomic E-state index is -0.420. The first-order chi connectivity index (χ1) is 12.3. The van der Waals surface area contributed by atoms with Gasteiger partial charge in [-0.2, -0.15) is 0 Å². The third kappa shape index (κ3) is 5.86. The van der Waals surface area contributed by atoms with Crippen LogP contribution in [0.5, 0.6) is 0 Å². The molecule has 1 aliphatic rings. The minimum Gasteiger partial charge on any atom is -0.356 e. The number of rotatable bonds is 6. The van der Waals surface area contributed by atoms with Crippen LogP contribution in [0.15, 0.2) is 24.3 Å². The van der Waals surface area contributed by atoms with Crippen molar-refractivity contribution in [3.63, 3.8) is 0 Å².